The summed E-state index contributed by atoms with van der Waals surface area (Å²) >= 11 is 1.44. The van der Waals surface area contributed by atoms with Crippen LogP contribution in [0, 0.1) is 0 Å². The Hall–Kier alpha value is -2.68. The Morgan fingerprint density at radius 3 is 2.81 bits per heavy atom. The summed E-state index contributed by atoms with van der Waals surface area (Å²) in [7, 11) is 1.94. The molecule has 9 heteroatoms. The number of aromatic nitrogens is 5. The van der Waals surface area contributed by atoms with Crippen LogP contribution >= 0.6 is 11.8 Å². The first-order valence-corrected chi connectivity index (χ1v) is 9.32. The lowest BCUT2D eigenvalue weighted by atomic mass is 10.2. The van der Waals surface area contributed by atoms with Gasteiger partial charge in [0.1, 0.15) is 18.2 Å². The number of carbonyl (C=O) groups excluding carboxylic acids is 1. The van der Waals surface area contributed by atoms with Crippen LogP contribution in [0.15, 0.2) is 34.2 Å². The van der Waals surface area contributed by atoms with Crippen LogP contribution in [-0.2, 0) is 24.1 Å². The fourth-order valence-electron chi connectivity index (χ4n) is 2.92. The molecule has 8 nitrogen and oxygen atoms in total. The molecule has 0 unspecified atom stereocenters. The van der Waals surface area contributed by atoms with Gasteiger partial charge in [0.25, 0.3) is 5.56 Å². The van der Waals surface area contributed by atoms with Crippen molar-refractivity contribution < 1.29 is 4.79 Å². The van der Waals surface area contributed by atoms with Gasteiger partial charge < -0.3 is 10.3 Å². The molecule has 0 saturated heterocycles. The lowest BCUT2D eigenvalue weighted by Gasteiger charge is -2.11. The van der Waals surface area contributed by atoms with Gasteiger partial charge in [-0.25, -0.2) is 4.98 Å². The average Bonchev–Trinajstić information content (AvgIpc) is 3.39. The molecule has 1 saturated carbocycles. The fraction of sp³-hybridized carbons (Fsp3) is 0.353. The lowest BCUT2D eigenvalue weighted by molar-refractivity contribution is -0.118. The van der Waals surface area contributed by atoms with Crippen molar-refractivity contribution in [3.8, 4) is 0 Å². The maximum Gasteiger partial charge on any atom is 0.261 e. The van der Waals surface area contributed by atoms with Crippen molar-refractivity contribution >= 4 is 28.6 Å². The van der Waals surface area contributed by atoms with Gasteiger partial charge in [-0.3, -0.25) is 14.2 Å². The van der Waals surface area contributed by atoms with E-state index in [9.17, 15) is 9.59 Å². The standard InChI is InChI=1S/C17H18N6O2S/c1-22-15(10-6-7-10)20-21-17(22)26-9-14-19-12-5-3-2-4-11(12)16(25)23(14)8-13(18)24/h2-5,10H,6-9H2,1H3,(H2,18,24). The number of primary amides is 1. The van der Waals surface area contributed by atoms with E-state index in [4.69, 9.17) is 5.73 Å². The first kappa shape index (κ1) is 16.8. The van der Waals surface area contributed by atoms with E-state index in [1.165, 1.54) is 16.3 Å². The van der Waals surface area contributed by atoms with E-state index < -0.39 is 5.91 Å². The average molecular weight is 370 g/mol. The van der Waals surface area contributed by atoms with Crippen LogP contribution in [0.4, 0.5) is 0 Å². The Kier molecular flexibility index (Phi) is 4.23. The van der Waals surface area contributed by atoms with Gasteiger partial charge in [0.2, 0.25) is 5.91 Å². The third kappa shape index (κ3) is 3.10. The van der Waals surface area contributed by atoms with Gasteiger partial charge in [0.05, 0.1) is 16.7 Å². The van der Waals surface area contributed by atoms with Crippen molar-refractivity contribution in [1.29, 1.82) is 0 Å². The van der Waals surface area contributed by atoms with E-state index in [0.717, 1.165) is 23.8 Å². The Labute approximate surface area is 153 Å². The first-order valence-electron chi connectivity index (χ1n) is 8.33. The summed E-state index contributed by atoms with van der Waals surface area (Å²) < 4.78 is 3.33. The number of nitrogens with two attached hydrogens (primary N) is 1. The second-order valence-corrected chi connectivity index (χ2v) is 7.31. The summed E-state index contributed by atoms with van der Waals surface area (Å²) in [6.07, 6.45) is 2.31. The van der Waals surface area contributed by atoms with Gasteiger partial charge in [-0.15, -0.1) is 10.2 Å². The Morgan fingerprint density at radius 1 is 1.31 bits per heavy atom. The second-order valence-electron chi connectivity index (χ2n) is 6.37. The molecule has 1 aromatic carbocycles. The van der Waals surface area contributed by atoms with Crippen LogP contribution < -0.4 is 11.3 Å². The predicted molar refractivity (Wildman–Crippen MR) is 97.7 cm³/mol. The maximum absolute atomic E-state index is 12.7. The third-order valence-corrected chi connectivity index (χ3v) is 5.41. The highest BCUT2D eigenvalue weighted by Crippen LogP contribution is 2.39. The van der Waals surface area contributed by atoms with E-state index in [0.29, 0.717) is 28.4 Å². The number of amides is 1. The number of hydrogen-bond acceptors (Lipinski definition) is 6. The van der Waals surface area contributed by atoms with Crippen molar-refractivity contribution in [3.63, 3.8) is 0 Å². The van der Waals surface area contributed by atoms with Crippen LogP contribution in [0.5, 0.6) is 0 Å². The number of hydrogen-bond donors (Lipinski definition) is 1. The Morgan fingerprint density at radius 2 is 2.08 bits per heavy atom. The minimum absolute atomic E-state index is 0.196. The zero-order chi connectivity index (χ0) is 18.3. The molecule has 0 atom stereocenters. The number of rotatable bonds is 6. The minimum Gasteiger partial charge on any atom is -0.368 e. The van der Waals surface area contributed by atoms with E-state index >= 15 is 0 Å². The maximum atomic E-state index is 12.7. The van der Waals surface area contributed by atoms with Crippen LogP contribution in [-0.4, -0.2) is 30.2 Å². The molecule has 1 aliphatic carbocycles. The summed E-state index contributed by atoms with van der Waals surface area (Å²) in [4.78, 5) is 28.7. The van der Waals surface area contributed by atoms with Crippen LogP contribution in [0.3, 0.4) is 0 Å². The van der Waals surface area contributed by atoms with Gasteiger partial charge in [0, 0.05) is 13.0 Å². The Bertz CT molecular complexity index is 1050. The number of fused-ring (bicyclic) bond motifs is 1. The van der Waals surface area contributed by atoms with Crippen LogP contribution in [0.1, 0.15) is 30.4 Å². The van der Waals surface area contributed by atoms with E-state index in [-0.39, 0.29) is 12.1 Å². The minimum atomic E-state index is -0.579. The monoisotopic (exact) mass is 370 g/mol. The number of carbonyl (C=O) groups is 1. The lowest BCUT2D eigenvalue weighted by Crippen LogP contribution is -2.31. The molecule has 1 aliphatic rings. The van der Waals surface area contributed by atoms with Crippen LogP contribution in [0.2, 0.25) is 0 Å². The molecule has 0 spiro atoms. The quantitative estimate of drug-likeness (QED) is 0.653. The van der Waals surface area contributed by atoms with Gasteiger partial charge in [-0.05, 0) is 25.0 Å². The summed E-state index contributed by atoms with van der Waals surface area (Å²) in [5, 5.41) is 9.73. The largest absolute Gasteiger partial charge is 0.368 e. The summed E-state index contributed by atoms with van der Waals surface area (Å²) in [5.74, 6) is 1.81. The molecule has 0 radical (unpaired) electrons. The van der Waals surface area contributed by atoms with Gasteiger partial charge >= 0.3 is 0 Å². The van der Waals surface area contributed by atoms with Gasteiger partial charge in [-0.1, -0.05) is 23.9 Å². The SMILES string of the molecule is Cn1c(SCc2nc3ccccc3c(=O)n2CC(N)=O)nnc1C1CC1. The summed E-state index contributed by atoms with van der Waals surface area (Å²) in [5.41, 5.74) is 5.66. The molecule has 134 valence electrons. The molecule has 26 heavy (non-hydrogen) atoms. The molecule has 0 aliphatic heterocycles. The normalized spacial score (nSPS) is 14.0. The number of thioether (sulfide) groups is 1. The summed E-state index contributed by atoms with van der Waals surface area (Å²) in [6.45, 7) is -0.196. The number of benzene rings is 1. The molecule has 0 bridgehead atoms. The Balaban J connectivity index is 1.68. The van der Waals surface area contributed by atoms with E-state index in [1.54, 1.807) is 18.2 Å². The van der Waals surface area contributed by atoms with Crippen LogP contribution in [0.25, 0.3) is 10.9 Å². The number of para-hydroxylation sites is 1. The highest BCUT2D eigenvalue weighted by Gasteiger charge is 2.29. The van der Waals surface area contributed by atoms with Crippen molar-refractivity contribution in [1.82, 2.24) is 24.3 Å². The molecule has 2 heterocycles. The van der Waals surface area contributed by atoms with Gasteiger partial charge in [-0.2, -0.15) is 0 Å². The second kappa shape index (κ2) is 6.56. The van der Waals surface area contributed by atoms with Gasteiger partial charge in [0.15, 0.2) is 5.16 Å². The number of nitrogens with zero attached hydrogens (tertiary/aromatic N) is 5. The van der Waals surface area contributed by atoms with E-state index in [1.807, 2.05) is 17.7 Å². The first-order chi connectivity index (χ1) is 12.5. The molecule has 3 aromatic rings. The molecule has 2 N–H and O–H groups in total. The third-order valence-electron chi connectivity index (χ3n) is 4.40. The zero-order valence-corrected chi connectivity index (χ0v) is 15.1. The zero-order valence-electron chi connectivity index (χ0n) is 14.3. The topological polar surface area (TPSA) is 109 Å². The predicted octanol–water partition coefficient (Wildman–Crippen LogP) is 1.18. The fourth-order valence-corrected chi connectivity index (χ4v) is 3.79. The molecule has 4 rings (SSSR count). The molecule has 1 amide bonds. The molecular formula is C17H18N6O2S. The highest BCUT2D eigenvalue weighted by atomic mass is 32.2. The van der Waals surface area contributed by atoms with E-state index in [2.05, 4.69) is 15.2 Å². The highest BCUT2D eigenvalue weighted by molar-refractivity contribution is 7.98. The van der Waals surface area contributed by atoms with Crippen molar-refractivity contribution in [3.05, 3.63) is 46.3 Å². The van der Waals surface area contributed by atoms with Crippen molar-refractivity contribution in [2.24, 2.45) is 12.8 Å². The van der Waals surface area contributed by atoms with Crippen molar-refractivity contribution in [2.75, 3.05) is 0 Å². The molecular weight excluding hydrogens is 352 g/mol. The molecule has 1 fully saturated rings. The van der Waals surface area contributed by atoms with Crippen molar-refractivity contribution in [2.45, 2.75) is 36.2 Å². The molecule has 2 aromatic heterocycles. The summed E-state index contributed by atoms with van der Waals surface area (Å²) in [6, 6.07) is 7.08. The smallest absolute Gasteiger partial charge is 0.261 e.